The number of aryl methyl sites for hydroxylation is 1. The number of nitrogens with zero attached hydrogens (tertiary/aromatic N) is 1. The fraction of sp³-hybridized carbons (Fsp3) is 0.286. The van der Waals surface area contributed by atoms with Crippen LogP contribution in [0.2, 0.25) is 0 Å². The maximum absolute atomic E-state index is 3.51. The first-order chi connectivity index (χ1) is 8.20. The molecule has 0 aliphatic heterocycles. The topological polar surface area (TPSA) is 3.24 Å². The van der Waals surface area contributed by atoms with Crippen LogP contribution in [0.3, 0.4) is 0 Å². The van der Waals surface area contributed by atoms with Gasteiger partial charge < -0.3 is 4.90 Å². The minimum absolute atomic E-state index is 0.984. The van der Waals surface area contributed by atoms with Crippen molar-refractivity contribution >= 4 is 33.0 Å². The summed E-state index contributed by atoms with van der Waals surface area (Å²) >= 11 is 5.32. The van der Waals surface area contributed by atoms with Crippen molar-refractivity contribution in [1.29, 1.82) is 0 Å². The lowest BCUT2D eigenvalue weighted by atomic mass is 10.2. The summed E-state index contributed by atoms with van der Waals surface area (Å²) in [5, 5.41) is 0. The highest BCUT2D eigenvalue weighted by Crippen LogP contribution is 2.26. The molecule has 2 aromatic rings. The number of benzene rings is 1. The maximum atomic E-state index is 3.51. The van der Waals surface area contributed by atoms with Crippen LogP contribution in [0.5, 0.6) is 0 Å². The molecule has 1 aromatic carbocycles. The van der Waals surface area contributed by atoms with Crippen molar-refractivity contribution in [2.75, 3.05) is 11.4 Å². The lowest BCUT2D eigenvalue weighted by Gasteiger charge is -2.24. The Hall–Kier alpha value is -0.800. The summed E-state index contributed by atoms with van der Waals surface area (Å²) in [5.41, 5.74) is 2.67. The molecular formula is C14H16BrNS. The van der Waals surface area contributed by atoms with Crippen molar-refractivity contribution in [2.24, 2.45) is 0 Å². The first-order valence-corrected chi connectivity index (χ1v) is 7.36. The van der Waals surface area contributed by atoms with Crippen LogP contribution in [0.4, 0.5) is 5.69 Å². The van der Waals surface area contributed by atoms with Crippen LogP contribution in [0.25, 0.3) is 0 Å². The Morgan fingerprint density at radius 2 is 1.94 bits per heavy atom. The molecule has 1 aromatic heterocycles. The van der Waals surface area contributed by atoms with E-state index >= 15 is 0 Å². The number of anilines is 1. The molecule has 0 fully saturated rings. The zero-order valence-electron chi connectivity index (χ0n) is 10.1. The predicted octanol–water partition coefficient (Wildman–Crippen LogP) is 4.85. The van der Waals surface area contributed by atoms with Gasteiger partial charge in [0.25, 0.3) is 0 Å². The van der Waals surface area contributed by atoms with Gasteiger partial charge in [0.1, 0.15) is 0 Å². The van der Waals surface area contributed by atoms with Gasteiger partial charge in [0.05, 0.1) is 10.3 Å². The second kappa shape index (κ2) is 5.69. The summed E-state index contributed by atoms with van der Waals surface area (Å²) < 4.78 is 1.20. The Morgan fingerprint density at radius 3 is 2.53 bits per heavy atom. The number of halogens is 1. The Kier molecular flexibility index (Phi) is 4.24. The third kappa shape index (κ3) is 3.11. The van der Waals surface area contributed by atoms with Crippen molar-refractivity contribution in [3.05, 3.63) is 50.6 Å². The van der Waals surface area contributed by atoms with E-state index in [4.69, 9.17) is 0 Å². The molecule has 1 heterocycles. The van der Waals surface area contributed by atoms with Crippen molar-refractivity contribution in [2.45, 2.75) is 20.4 Å². The molecule has 0 atom stereocenters. The van der Waals surface area contributed by atoms with E-state index in [-0.39, 0.29) is 0 Å². The van der Waals surface area contributed by atoms with Gasteiger partial charge in [-0.3, -0.25) is 0 Å². The lowest BCUT2D eigenvalue weighted by molar-refractivity contribution is 0.838. The molecule has 0 unspecified atom stereocenters. The van der Waals surface area contributed by atoms with Crippen LogP contribution < -0.4 is 4.90 Å². The van der Waals surface area contributed by atoms with Crippen LogP contribution in [0.1, 0.15) is 17.4 Å². The van der Waals surface area contributed by atoms with Crippen LogP contribution in [-0.2, 0) is 6.54 Å². The third-order valence-corrected chi connectivity index (χ3v) is 4.42. The van der Waals surface area contributed by atoms with E-state index in [0.717, 1.165) is 13.1 Å². The normalized spacial score (nSPS) is 10.5. The molecule has 90 valence electrons. The zero-order chi connectivity index (χ0) is 12.3. The number of para-hydroxylation sites is 1. The van der Waals surface area contributed by atoms with Crippen molar-refractivity contribution in [3.8, 4) is 0 Å². The van der Waals surface area contributed by atoms with Crippen LogP contribution in [0, 0.1) is 6.92 Å². The van der Waals surface area contributed by atoms with Gasteiger partial charge in [0, 0.05) is 17.1 Å². The van der Waals surface area contributed by atoms with E-state index in [1.54, 1.807) is 11.3 Å². The third-order valence-electron chi connectivity index (χ3n) is 2.81. The summed E-state index contributed by atoms with van der Waals surface area (Å²) in [4.78, 5) is 3.80. The lowest BCUT2D eigenvalue weighted by Crippen LogP contribution is -2.22. The number of rotatable bonds is 4. The first kappa shape index (κ1) is 12.7. The van der Waals surface area contributed by atoms with Gasteiger partial charge in [0.15, 0.2) is 0 Å². The van der Waals surface area contributed by atoms with E-state index in [2.05, 4.69) is 71.1 Å². The number of hydrogen-bond donors (Lipinski definition) is 0. The zero-order valence-corrected chi connectivity index (χ0v) is 12.5. The second-order valence-electron chi connectivity index (χ2n) is 4.01. The summed E-state index contributed by atoms with van der Waals surface area (Å²) in [6.07, 6.45) is 0. The molecule has 0 saturated heterocycles. The molecule has 0 aliphatic rings. The van der Waals surface area contributed by atoms with Gasteiger partial charge >= 0.3 is 0 Å². The molecule has 0 spiro atoms. The van der Waals surface area contributed by atoms with Gasteiger partial charge in [-0.1, -0.05) is 18.2 Å². The Morgan fingerprint density at radius 1 is 1.18 bits per heavy atom. The average molecular weight is 310 g/mol. The summed E-state index contributed by atoms with van der Waals surface area (Å²) in [6, 6.07) is 12.9. The van der Waals surface area contributed by atoms with Crippen molar-refractivity contribution < 1.29 is 0 Å². The highest BCUT2D eigenvalue weighted by Gasteiger charge is 2.08. The number of thiophene rings is 1. The summed E-state index contributed by atoms with van der Waals surface area (Å²) in [5.74, 6) is 0. The Balaban J connectivity index is 2.20. The highest BCUT2D eigenvalue weighted by atomic mass is 79.9. The molecule has 0 N–H and O–H groups in total. The molecular weight excluding hydrogens is 294 g/mol. The molecule has 1 nitrogen and oxygen atoms in total. The van der Waals surface area contributed by atoms with Gasteiger partial charge in [-0.15, -0.1) is 11.3 Å². The van der Waals surface area contributed by atoms with E-state index in [1.165, 1.54) is 19.9 Å². The van der Waals surface area contributed by atoms with E-state index in [9.17, 15) is 0 Å². The molecule has 0 radical (unpaired) electrons. The Labute approximate surface area is 115 Å². The largest absolute Gasteiger partial charge is 0.366 e. The van der Waals surface area contributed by atoms with Crippen LogP contribution in [0.15, 0.2) is 40.2 Å². The van der Waals surface area contributed by atoms with Gasteiger partial charge in [-0.25, -0.2) is 0 Å². The standard InChI is InChI=1S/C14H16BrNS/c1-3-16(10-12-8-9-14(15)17-12)13-7-5-4-6-11(13)2/h4-9H,3,10H2,1-2H3. The highest BCUT2D eigenvalue weighted by molar-refractivity contribution is 9.11. The quantitative estimate of drug-likeness (QED) is 0.780. The minimum Gasteiger partial charge on any atom is -0.366 e. The Bertz CT molecular complexity index is 492. The minimum atomic E-state index is 0.984. The van der Waals surface area contributed by atoms with Crippen molar-refractivity contribution in [3.63, 3.8) is 0 Å². The van der Waals surface area contributed by atoms with Crippen molar-refractivity contribution in [1.82, 2.24) is 0 Å². The summed E-state index contributed by atoms with van der Waals surface area (Å²) in [7, 11) is 0. The SMILES string of the molecule is CCN(Cc1ccc(Br)s1)c1ccccc1C. The molecule has 0 amide bonds. The maximum Gasteiger partial charge on any atom is 0.0702 e. The van der Waals surface area contributed by atoms with Gasteiger partial charge in [-0.2, -0.15) is 0 Å². The molecule has 2 rings (SSSR count). The molecule has 0 aliphatic carbocycles. The molecule has 0 saturated carbocycles. The van der Waals surface area contributed by atoms with Gasteiger partial charge in [0.2, 0.25) is 0 Å². The average Bonchev–Trinajstić information content (AvgIpc) is 2.73. The van der Waals surface area contributed by atoms with Gasteiger partial charge in [-0.05, 0) is 53.5 Å². The van der Waals surface area contributed by atoms with E-state index in [0.29, 0.717) is 0 Å². The number of hydrogen-bond acceptors (Lipinski definition) is 2. The molecule has 3 heteroatoms. The smallest absolute Gasteiger partial charge is 0.0702 e. The predicted molar refractivity (Wildman–Crippen MR) is 79.9 cm³/mol. The fourth-order valence-corrected chi connectivity index (χ4v) is 3.41. The molecule has 0 bridgehead atoms. The fourth-order valence-electron chi connectivity index (χ4n) is 1.91. The first-order valence-electron chi connectivity index (χ1n) is 5.75. The summed E-state index contributed by atoms with van der Waals surface area (Å²) in [6.45, 7) is 6.38. The van der Waals surface area contributed by atoms with E-state index in [1.807, 2.05) is 0 Å². The van der Waals surface area contributed by atoms with Crippen LogP contribution in [-0.4, -0.2) is 6.54 Å². The van der Waals surface area contributed by atoms with Crippen LogP contribution >= 0.6 is 27.3 Å². The second-order valence-corrected chi connectivity index (χ2v) is 6.55. The monoisotopic (exact) mass is 309 g/mol. The molecule has 17 heavy (non-hydrogen) atoms. The van der Waals surface area contributed by atoms with E-state index < -0.39 is 0 Å².